The van der Waals surface area contributed by atoms with Gasteiger partial charge in [0.25, 0.3) is 0 Å². The van der Waals surface area contributed by atoms with Crippen LogP contribution in [-0.4, -0.2) is 55.7 Å². The Labute approximate surface area is 139 Å². The van der Waals surface area contributed by atoms with Gasteiger partial charge in [-0.05, 0) is 38.8 Å². The molecule has 1 fully saturated rings. The number of methoxy groups -OCH3 is 1. The molecular formula is C18H29N3O2. The SMILES string of the molecule is COCCNC(=O)C1(Nc2ccccc2)CCN(C(C)C)CC1. The highest BCUT2D eigenvalue weighted by molar-refractivity contribution is 5.89. The number of anilines is 1. The summed E-state index contributed by atoms with van der Waals surface area (Å²) in [5.74, 6) is 0.0711. The van der Waals surface area contributed by atoms with Gasteiger partial charge in [-0.25, -0.2) is 0 Å². The molecule has 5 heteroatoms. The number of carbonyl (C=O) groups excluding carboxylic acids is 1. The minimum absolute atomic E-state index is 0.0711. The van der Waals surface area contributed by atoms with E-state index in [-0.39, 0.29) is 5.91 Å². The van der Waals surface area contributed by atoms with Crippen LogP contribution in [0.5, 0.6) is 0 Å². The smallest absolute Gasteiger partial charge is 0.245 e. The highest BCUT2D eigenvalue weighted by Gasteiger charge is 2.41. The molecule has 1 heterocycles. The molecule has 0 bridgehead atoms. The van der Waals surface area contributed by atoms with Gasteiger partial charge in [0.2, 0.25) is 5.91 Å². The molecule has 0 radical (unpaired) electrons. The zero-order chi connectivity index (χ0) is 16.7. The number of carbonyl (C=O) groups is 1. The van der Waals surface area contributed by atoms with Crippen molar-refractivity contribution in [2.45, 2.75) is 38.3 Å². The molecule has 1 aromatic rings. The van der Waals surface area contributed by atoms with Gasteiger partial charge in [-0.2, -0.15) is 0 Å². The Balaban J connectivity index is 2.09. The predicted molar refractivity (Wildman–Crippen MR) is 93.6 cm³/mol. The Hall–Kier alpha value is -1.59. The van der Waals surface area contributed by atoms with Crippen molar-refractivity contribution in [1.82, 2.24) is 10.2 Å². The van der Waals surface area contributed by atoms with Crippen LogP contribution in [0.3, 0.4) is 0 Å². The van der Waals surface area contributed by atoms with Crippen LogP contribution < -0.4 is 10.6 Å². The highest BCUT2D eigenvalue weighted by Crippen LogP contribution is 2.28. The van der Waals surface area contributed by atoms with Gasteiger partial charge in [-0.15, -0.1) is 0 Å². The second-order valence-electron chi connectivity index (χ2n) is 6.45. The average Bonchev–Trinajstić information content (AvgIpc) is 2.56. The molecular weight excluding hydrogens is 290 g/mol. The van der Waals surface area contributed by atoms with Crippen LogP contribution in [0.25, 0.3) is 0 Å². The Morgan fingerprint density at radius 2 is 1.91 bits per heavy atom. The summed E-state index contributed by atoms with van der Waals surface area (Å²) >= 11 is 0. The number of piperidine rings is 1. The fraction of sp³-hybridized carbons (Fsp3) is 0.611. The maximum Gasteiger partial charge on any atom is 0.245 e. The van der Waals surface area contributed by atoms with E-state index < -0.39 is 5.54 Å². The summed E-state index contributed by atoms with van der Waals surface area (Å²) in [5, 5.41) is 6.51. The largest absolute Gasteiger partial charge is 0.383 e. The predicted octanol–water partition coefficient (Wildman–Crippen LogP) is 2.10. The maximum absolute atomic E-state index is 12.8. The van der Waals surface area contributed by atoms with E-state index in [4.69, 9.17) is 4.74 Å². The third-order valence-electron chi connectivity index (χ3n) is 4.57. The zero-order valence-corrected chi connectivity index (χ0v) is 14.5. The summed E-state index contributed by atoms with van der Waals surface area (Å²) in [6, 6.07) is 10.5. The number of ether oxygens (including phenoxy) is 1. The van der Waals surface area contributed by atoms with Crippen LogP contribution in [0.15, 0.2) is 30.3 Å². The van der Waals surface area contributed by atoms with E-state index in [0.717, 1.165) is 31.6 Å². The first kappa shape index (κ1) is 17.8. The van der Waals surface area contributed by atoms with Crippen molar-refractivity contribution in [2.75, 3.05) is 38.7 Å². The quantitative estimate of drug-likeness (QED) is 0.756. The third kappa shape index (κ3) is 4.69. The lowest BCUT2D eigenvalue weighted by atomic mass is 9.85. The van der Waals surface area contributed by atoms with Gasteiger partial charge in [0, 0.05) is 38.5 Å². The monoisotopic (exact) mass is 319 g/mol. The lowest BCUT2D eigenvalue weighted by Gasteiger charge is -2.43. The van der Waals surface area contributed by atoms with Crippen molar-refractivity contribution in [3.05, 3.63) is 30.3 Å². The van der Waals surface area contributed by atoms with E-state index in [1.807, 2.05) is 30.3 Å². The first-order valence-electron chi connectivity index (χ1n) is 8.42. The van der Waals surface area contributed by atoms with Gasteiger partial charge < -0.3 is 20.3 Å². The minimum atomic E-state index is -0.541. The van der Waals surface area contributed by atoms with Gasteiger partial charge in [0.15, 0.2) is 0 Å². The van der Waals surface area contributed by atoms with E-state index in [1.54, 1.807) is 7.11 Å². The van der Waals surface area contributed by atoms with Gasteiger partial charge in [0.1, 0.15) is 5.54 Å². The molecule has 0 unspecified atom stereocenters. The van der Waals surface area contributed by atoms with Crippen LogP contribution in [0.4, 0.5) is 5.69 Å². The fourth-order valence-electron chi connectivity index (χ4n) is 3.06. The van der Waals surface area contributed by atoms with Gasteiger partial charge >= 0.3 is 0 Å². The average molecular weight is 319 g/mol. The molecule has 2 rings (SSSR count). The first-order valence-corrected chi connectivity index (χ1v) is 8.42. The summed E-state index contributed by atoms with van der Waals surface area (Å²) in [6.07, 6.45) is 1.61. The number of amides is 1. The van der Waals surface area contributed by atoms with E-state index in [9.17, 15) is 4.79 Å². The number of para-hydroxylation sites is 1. The standard InChI is InChI=1S/C18H29N3O2/c1-15(2)21-12-9-18(10-13-21,17(22)19-11-14-23-3)20-16-7-5-4-6-8-16/h4-8,15,20H,9-14H2,1-3H3,(H,19,22). The van der Waals surface area contributed by atoms with Crippen molar-refractivity contribution < 1.29 is 9.53 Å². The number of nitrogens with zero attached hydrogens (tertiary/aromatic N) is 1. The molecule has 0 saturated carbocycles. The zero-order valence-electron chi connectivity index (χ0n) is 14.5. The molecule has 128 valence electrons. The molecule has 1 amide bonds. The maximum atomic E-state index is 12.8. The first-order chi connectivity index (χ1) is 11.1. The topological polar surface area (TPSA) is 53.6 Å². The van der Waals surface area contributed by atoms with Crippen molar-refractivity contribution in [2.24, 2.45) is 0 Å². The highest BCUT2D eigenvalue weighted by atomic mass is 16.5. The van der Waals surface area contributed by atoms with Crippen LogP contribution in [0, 0.1) is 0 Å². The summed E-state index contributed by atoms with van der Waals surface area (Å²) < 4.78 is 5.04. The summed E-state index contributed by atoms with van der Waals surface area (Å²) in [5.41, 5.74) is 0.452. The normalized spacial score (nSPS) is 17.9. The van der Waals surface area contributed by atoms with Crippen molar-refractivity contribution in [3.63, 3.8) is 0 Å². The molecule has 0 spiro atoms. The molecule has 1 aromatic carbocycles. The number of hydrogen-bond acceptors (Lipinski definition) is 4. The molecule has 1 saturated heterocycles. The Kier molecular flexibility index (Phi) is 6.42. The van der Waals surface area contributed by atoms with E-state index in [0.29, 0.717) is 19.2 Å². The summed E-state index contributed by atoms with van der Waals surface area (Å²) in [7, 11) is 1.64. The van der Waals surface area contributed by atoms with Crippen LogP contribution in [0.2, 0.25) is 0 Å². The minimum Gasteiger partial charge on any atom is -0.383 e. The van der Waals surface area contributed by atoms with Crippen molar-refractivity contribution in [3.8, 4) is 0 Å². The Morgan fingerprint density at radius 3 is 2.48 bits per heavy atom. The molecule has 23 heavy (non-hydrogen) atoms. The van der Waals surface area contributed by atoms with E-state index in [1.165, 1.54) is 0 Å². The molecule has 0 aliphatic carbocycles. The van der Waals surface area contributed by atoms with Crippen molar-refractivity contribution in [1.29, 1.82) is 0 Å². The second-order valence-corrected chi connectivity index (χ2v) is 6.45. The van der Waals surface area contributed by atoms with E-state index >= 15 is 0 Å². The lowest BCUT2D eigenvalue weighted by molar-refractivity contribution is -0.127. The molecule has 1 aliphatic heterocycles. The lowest BCUT2D eigenvalue weighted by Crippen LogP contribution is -2.59. The van der Waals surface area contributed by atoms with Gasteiger partial charge in [0.05, 0.1) is 6.61 Å². The van der Waals surface area contributed by atoms with Crippen molar-refractivity contribution >= 4 is 11.6 Å². The third-order valence-corrected chi connectivity index (χ3v) is 4.57. The van der Waals surface area contributed by atoms with Crippen LogP contribution in [-0.2, 0) is 9.53 Å². The van der Waals surface area contributed by atoms with Crippen LogP contribution >= 0.6 is 0 Å². The Bertz CT molecular complexity index is 482. The Morgan fingerprint density at radius 1 is 1.26 bits per heavy atom. The number of hydrogen-bond donors (Lipinski definition) is 2. The number of benzene rings is 1. The molecule has 2 N–H and O–H groups in total. The van der Waals surface area contributed by atoms with Gasteiger partial charge in [-0.1, -0.05) is 18.2 Å². The molecule has 5 nitrogen and oxygen atoms in total. The molecule has 1 aliphatic rings. The van der Waals surface area contributed by atoms with E-state index in [2.05, 4.69) is 29.4 Å². The van der Waals surface area contributed by atoms with Gasteiger partial charge in [-0.3, -0.25) is 4.79 Å². The number of likely N-dealkylation sites (tertiary alicyclic amines) is 1. The number of rotatable bonds is 7. The fourth-order valence-corrected chi connectivity index (χ4v) is 3.06. The molecule has 0 atom stereocenters. The van der Waals surface area contributed by atoms with Crippen LogP contribution in [0.1, 0.15) is 26.7 Å². The number of nitrogens with one attached hydrogen (secondary N) is 2. The second kappa shape index (κ2) is 8.31. The summed E-state index contributed by atoms with van der Waals surface area (Å²) in [6.45, 7) is 7.34. The summed E-state index contributed by atoms with van der Waals surface area (Å²) in [4.78, 5) is 15.3. The molecule has 0 aromatic heterocycles.